The van der Waals surface area contributed by atoms with E-state index < -0.39 is 0 Å². The molecule has 25 heavy (non-hydrogen) atoms. The van der Waals surface area contributed by atoms with Gasteiger partial charge in [-0.25, -0.2) is 0 Å². The van der Waals surface area contributed by atoms with Crippen molar-refractivity contribution in [3.63, 3.8) is 0 Å². The molecule has 0 N–H and O–H groups in total. The minimum Gasteiger partial charge on any atom is -0.378 e. The number of carbonyl (C=O) groups excluding carboxylic acids is 1. The number of anilines is 1. The van der Waals surface area contributed by atoms with Crippen LogP contribution >= 0.6 is 0 Å². The maximum atomic E-state index is 12.9. The van der Waals surface area contributed by atoms with E-state index in [1.54, 1.807) is 6.20 Å². The van der Waals surface area contributed by atoms with Gasteiger partial charge in [-0.1, -0.05) is 12.1 Å². The average Bonchev–Trinajstić information content (AvgIpc) is 3.14. The van der Waals surface area contributed by atoms with Crippen molar-refractivity contribution in [2.45, 2.75) is 44.7 Å². The molecule has 0 bridgehead atoms. The van der Waals surface area contributed by atoms with Gasteiger partial charge in [-0.15, -0.1) is 0 Å². The number of hydrogen-bond donors (Lipinski definition) is 0. The van der Waals surface area contributed by atoms with Gasteiger partial charge in [0.1, 0.15) is 0 Å². The number of likely N-dealkylation sites (tertiary alicyclic amines) is 1. The fourth-order valence-corrected chi connectivity index (χ4v) is 3.53. The molecule has 3 rings (SSSR count). The van der Waals surface area contributed by atoms with Gasteiger partial charge in [-0.05, 0) is 49.4 Å². The second-order valence-electron chi connectivity index (χ2n) is 7.03. The summed E-state index contributed by atoms with van der Waals surface area (Å²) in [5, 5.41) is 4.27. The molecule has 0 spiro atoms. The average molecular weight is 340 g/mol. The topological polar surface area (TPSA) is 41.4 Å². The minimum absolute atomic E-state index is 0.253. The number of amides is 1. The Labute approximate surface area is 150 Å². The van der Waals surface area contributed by atoms with Gasteiger partial charge in [0.15, 0.2) is 0 Å². The van der Waals surface area contributed by atoms with E-state index in [0.717, 1.165) is 43.6 Å². The number of nitrogens with zero attached hydrogens (tertiary/aromatic N) is 4. The van der Waals surface area contributed by atoms with Crippen molar-refractivity contribution in [3.05, 3.63) is 48.3 Å². The molecule has 1 aliphatic rings. The van der Waals surface area contributed by atoms with E-state index in [-0.39, 0.29) is 5.91 Å². The summed E-state index contributed by atoms with van der Waals surface area (Å²) in [6, 6.07) is 10.6. The number of rotatable bonds is 6. The smallest absolute Gasteiger partial charge is 0.227 e. The van der Waals surface area contributed by atoms with Gasteiger partial charge >= 0.3 is 0 Å². The quantitative estimate of drug-likeness (QED) is 0.812. The molecule has 0 radical (unpaired) electrons. The van der Waals surface area contributed by atoms with Crippen LogP contribution in [0.1, 0.15) is 31.2 Å². The van der Waals surface area contributed by atoms with E-state index in [4.69, 9.17) is 0 Å². The largest absolute Gasteiger partial charge is 0.378 e. The molecule has 5 heteroatoms. The van der Waals surface area contributed by atoms with Crippen molar-refractivity contribution in [1.82, 2.24) is 14.7 Å². The van der Waals surface area contributed by atoms with Crippen LogP contribution < -0.4 is 4.90 Å². The molecule has 5 nitrogen and oxygen atoms in total. The lowest BCUT2D eigenvalue weighted by Gasteiger charge is -2.36. The van der Waals surface area contributed by atoms with Crippen molar-refractivity contribution in [1.29, 1.82) is 0 Å². The summed E-state index contributed by atoms with van der Waals surface area (Å²) >= 11 is 0. The number of piperidine rings is 1. The molecule has 1 aromatic carbocycles. The van der Waals surface area contributed by atoms with Crippen molar-refractivity contribution in [3.8, 4) is 0 Å². The molecule has 1 aromatic heterocycles. The third-order valence-corrected chi connectivity index (χ3v) is 5.01. The monoisotopic (exact) mass is 340 g/mol. The zero-order valence-electron chi connectivity index (χ0n) is 15.3. The lowest BCUT2D eigenvalue weighted by molar-refractivity contribution is -0.134. The summed E-state index contributed by atoms with van der Waals surface area (Å²) in [4.78, 5) is 17.0. The predicted octanol–water partition coefficient (Wildman–Crippen LogP) is 2.96. The maximum Gasteiger partial charge on any atom is 0.227 e. The van der Waals surface area contributed by atoms with Gasteiger partial charge in [-0.2, -0.15) is 5.10 Å². The Hall–Kier alpha value is -2.30. The van der Waals surface area contributed by atoms with Gasteiger partial charge < -0.3 is 9.80 Å². The van der Waals surface area contributed by atoms with E-state index in [9.17, 15) is 4.79 Å². The zero-order chi connectivity index (χ0) is 17.6. The summed E-state index contributed by atoms with van der Waals surface area (Å²) in [7, 11) is 4.05. The second-order valence-corrected chi connectivity index (χ2v) is 7.03. The molecule has 134 valence electrons. The fraction of sp³-hybridized carbons (Fsp3) is 0.500. The molecule has 0 aliphatic carbocycles. The summed E-state index contributed by atoms with van der Waals surface area (Å²) in [6.07, 6.45) is 8.70. The number of hydrogen-bond acceptors (Lipinski definition) is 3. The lowest BCUT2D eigenvalue weighted by Crippen LogP contribution is -2.44. The van der Waals surface area contributed by atoms with Crippen molar-refractivity contribution < 1.29 is 4.79 Å². The Balaban J connectivity index is 1.59. The number of carbonyl (C=O) groups is 1. The minimum atomic E-state index is 0.253. The SMILES string of the molecule is CN(C)c1ccc(CC(=O)N2CCCCC2CCn2cccn2)cc1. The van der Waals surface area contributed by atoms with Gasteiger partial charge in [0.25, 0.3) is 0 Å². The van der Waals surface area contributed by atoms with Gasteiger partial charge in [-0.3, -0.25) is 9.48 Å². The zero-order valence-corrected chi connectivity index (χ0v) is 15.3. The van der Waals surface area contributed by atoms with Crippen LogP contribution in [0.4, 0.5) is 5.69 Å². The molecular formula is C20H28N4O. The number of aromatic nitrogens is 2. The van der Waals surface area contributed by atoms with Crippen LogP contribution in [0.25, 0.3) is 0 Å². The maximum absolute atomic E-state index is 12.9. The van der Waals surface area contributed by atoms with Crippen LogP contribution in [0.5, 0.6) is 0 Å². The van der Waals surface area contributed by atoms with E-state index in [1.165, 1.54) is 6.42 Å². The van der Waals surface area contributed by atoms with Crippen molar-refractivity contribution in [2.24, 2.45) is 0 Å². The molecule has 1 atom stereocenters. The van der Waals surface area contributed by atoms with Gasteiger partial charge in [0.05, 0.1) is 6.42 Å². The summed E-state index contributed by atoms with van der Waals surface area (Å²) in [5.41, 5.74) is 2.25. The second kappa shape index (κ2) is 8.19. The highest BCUT2D eigenvalue weighted by atomic mass is 16.2. The summed E-state index contributed by atoms with van der Waals surface area (Å²) < 4.78 is 1.96. The molecule has 1 saturated heterocycles. The summed E-state index contributed by atoms with van der Waals surface area (Å²) in [6.45, 7) is 1.76. The van der Waals surface area contributed by atoms with Crippen LogP contribution in [-0.4, -0.2) is 47.3 Å². The normalized spacial score (nSPS) is 17.5. The van der Waals surface area contributed by atoms with Crippen LogP contribution in [0, 0.1) is 0 Å². The van der Waals surface area contributed by atoms with E-state index >= 15 is 0 Å². The Bertz CT molecular complexity index is 664. The molecule has 1 unspecified atom stereocenters. The first kappa shape index (κ1) is 17.5. The molecule has 1 aliphatic heterocycles. The van der Waals surface area contributed by atoms with E-state index in [2.05, 4.69) is 39.2 Å². The predicted molar refractivity (Wildman–Crippen MR) is 101 cm³/mol. The highest BCUT2D eigenvalue weighted by Crippen LogP contribution is 2.22. The molecule has 2 aromatic rings. The molecule has 1 fully saturated rings. The molecular weight excluding hydrogens is 312 g/mol. The number of aryl methyl sites for hydroxylation is 1. The van der Waals surface area contributed by atoms with E-state index in [0.29, 0.717) is 12.5 Å². The van der Waals surface area contributed by atoms with Crippen LogP contribution in [-0.2, 0) is 17.8 Å². The first-order chi connectivity index (χ1) is 12.1. The lowest BCUT2D eigenvalue weighted by atomic mass is 9.98. The van der Waals surface area contributed by atoms with Crippen LogP contribution in [0.15, 0.2) is 42.7 Å². The van der Waals surface area contributed by atoms with Gasteiger partial charge in [0, 0.05) is 51.3 Å². The highest BCUT2D eigenvalue weighted by Gasteiger charge is 2.26. The number of benzene rings is 1. The Morgan fingerprint density at radius 3 is 2.72 bits per heavy atom. The molecule has 0 saturated carbocycles. The summed E-state index contributed by atoms with van der Waals surface area (Å²) in [5.74, 6) is 0.253. The highest BCUT2D eigenvalue weighted by molar-refractivity contribution is 5.79. The molecule has 2 heterocycles. The Morgan fingerprint density at radius 1 is 1.24 bits per heavy atom. The van der Waals surface area contributed by atoms with Crippen LogP contribution in [0.3, 0.4) is 0 Å². The van der Waals surface area contributed by atoms with Crippen molar-refractivity contribution in [2.75, 3.05) is 25.5 Å². The Kier molecular flexibility index (Phi) is 5.74. The Morgan fingerprint density at radius 2 is 2.04 bits per heavy atom. The first-order valence-electron chi connectivity index (χ1n) is 9.16. The van der Waals surface area contributed by atoms with Crippen molar-refractivity contribution >= 4 is 11.6 Å². The van der Waals surface area contributed by atoms with E-state index in [1.807, 2.05) is 31.0 Å². The third-order valence-electron chi connectivity index (χ3n) is 5.01. The first-order valence-corrected chi connectivity index (χ1v) is 9.16. The molecule has 1 amide bonds. The van der Waals surface area contributed by atoms with Crippen LogP contribution in [0.2, 0.25) is 0 Å². The third kappa shape index (κ3) is 4.62. The fourth-order valence-electron chi connectivity index (χ4n) is 3.53. The van der Waals surface area contributed by atoms with Gasteiger partial charge in [0.2, 0.25) is 5.91 Å². The standard InChI is InChI=1S/C20H28N4O/c1-22(2)18-9-7-17(8-10-18)16-20(25)24-14-4-3-6-19(24)11-15-23-13-5-12-21-23/h5,7-10,12-13,19H,3-4,6,11,14-16H2,1-2H3.